The Kier molecular flexibility index (Phi) is 12.8. The van der Waals surface area contributed by atoms with Gasteiger partial charge in [-0.05, 0) is 63.1 Å². The summed E-state index contributed by atoms with van der Waals surface area (Å²) < 4.78 is 0. The maximum absolute atomic E-state index is 9.60. The fourth-order valence-electron chi connectivity index (χ4n) is 3.65. The summed E-state index contributed by atoms with van der Waals surface area (Å²) in [6.07, 6.45) is 3.88. The van der Waals surface area contributed by atoms with Crippen molar-refractivity contribution in [2.75, 3.05) is 32.7 Å². The lowest BCUT2D eigenvalue weighted by Gasteiger charge is -2.29. The van der Waals surface area contributed by atoms with Crippen molar-refractivity contribution >= 4 is 29.9 Å². The molecule has 1 heterocycles. The van der Waals surface area contributed by atoms with Crippen LogP contribution < -0.4 is 10.6 Å². The number of aliphatic hydroxyl groups is 1. The van der Waals surface area contributed by atoms with Gasteiger partial charge in [-0.3, -0.25) is 4.99 Å². The molecule has 1 unspecified atom stereocenters. The monoisotopic (exact) mass is 516 g/mol. The zero-order valence-electron chi connectivity index (χ0n) is 18.7. The van der Waals surface area contributed by atoms with Gasteiger partial charge in [-0.25, -0.2) is 0 Å². The molecule has 0 spiro atoms. The molecular weight excluding hydrogens is 475 g/mol. The zero-order chi connectivity index (χ0) is 20.4. The van der Waals surface area contributed by atoms with Gasteiger partial charge in [0.25, 0.3) is 0 Å². The average Bonchev–Trinajstić information content (AvgIpc) is 2.66. The van der Waals surface area contributed by atoms with Crippen LogP contribution in [0.3, 0.4) is 0 Å². The predicted octanol–water partition coefficient (Wildman–Crippen LogP) is 3.97. The van der Waals surface area contributed by atoms with Crippen molar-refractivity contribution in [3.63, 3.8) is 0 Å². The van der Waals surface area contributed by atoms with Crippen LogP contribution in [0, 0.1) is 5.92 Å². The van der Waals surface area contributed by atoms with E-state index in [0.29, 0.717) is 5.92 Å². The van der Waals surface area contributed by atoms with Crippen LogP contribution in [-0.2, 0) is 6.42 Å². The third-order valence-corrected chi connectivity index (χ3v) is 5.28. The Labute approximate surface area is 194 Å². The van der Waals surface area contributed by atoms with Crippen molar-refractivity contribution in [3.05, 3.63) is 35.4 Å². The summed E-state index contributed by atoms with van der Waals surface area (Å²) in [5, 5.41) is 16.5. The van der Waals surface area contributed by atoms with Crippen molar-refractivity contribution in [1.82, 2.24) is 15.5 Å². The zero-order valence-corrected chi connectivity index (χ0v) is 21.0. The van der Waals surface area contributed by atoms with Gasteiger partial charge in [-0.2, -0.15) is 0 Å². The van der Waals surface area contributed by atoms with Gasteiger partial charge in [0, 0.05) is 26.2 Å². The number of hydrogen-bond donors (Lipinski definition) is 3. The number of halogens is 1. The minimum atomic E-state index is -0.0974. The smallest absolute Gasteiger partial charge is 0.191 e. The molecule has 166 valence electrons. The van der Waals surface area contributed by atoms with E-state index >= 15 is 0 Å². The van der Waals surface area contributed by atoms with Gasteiger partial charge in [0.05, 0.1) is 12.1 Å². The number of aliphatic imine (C=N–C) groups is 1. The van der Waals surface area contributed by atoms with Crippen LogP contribution in [0.1, 0.15) is 64.1 Å². The third kappa shape index (κ3) is 10.1. The molecule has 0 bridgehead atoms. The number of piperidine rings is 1. The highest BCUT2D eigenvalue weighted by Crippen LogP contribution is 2.15. The molecule has 0 amide bonds. The van der Waals surface area contributed by atoms with Gasteiger partial charge in [0.2, 0.25) is 0 Å². The van der Waals surface area contributed by atoms with Gasteiger partial charge in [0.1, 0.15) is 0 Å². The van der Waals surface area contributed by atoms with E-state index in [-0.39, 0.29) is 36.1 Å². The summed E-state index contributed by atoms with van der Waals surface area (Å²) in [7, 11) is 0. The van der Waals surface area contributed by atoms with Crippen LogP contribution >= 0.6 is 24.0 Å². The van der Waals surface area contributed by atoms with E-state index in [0.717, 1.165) is 64.4 Å². The van der Waals surface area contributed by atoms with E-state index in [1.807, 2.05) is 0 Å². The van der Waals surface area contributed by atoms with E-state index < -0.39 is 0 Å². The lowest BCUT2D eigenvalue weighted by atomic mass is 10.00. The summed E-state index contributed by atoms with van der Waals surface area (Å²) >= 11 is 0. The van der Waals surface area contributed by atoms with E-state index in [2.05, 4.69) is 67.5 Å². The highest BCUT2D eigenvalue weighted by molar-refractivity contribution is 14.0. The fourth-order valence-corrected chi connectivity index (χ4v) is 3.65. The van der Waals surface area contributed by atoms with Crippen LogP contribution in [0.15, 0.2) is 29.3 Å². The summed E-state index contributed by atoms with van der Waals surface area (Å²) in [4.78, 5) is 7.19. The number of aliphatic hydroxyl groups excluding tert-OH is 1. The average molecular weight is 517 g/mol. The van der Waals surface area contributed by atoms with Crippen molar-refractivity contribution in [3.8, 4) is 0 Å². The van der Waals surface area contributed by atoms with E-state index in [1.54, 1.807) is 0 Å². The second-order valence-corrected chi connectivity index (χ2v) is 8.39. The molecular formula is C23H41IN4O. The third-order valence-electron chi connectivity index (χ3n) is 5.28. The molecule has 1 aromatic carbocycles. The molecule has 0 radical (unpaired) electrons. The van der Waals surface area contributed by atoms with Gasteiger partial charge in [-0.1, -0.05) is 38.1 Å². The Morgan fingerprint density at radius 2 is 1.83 bits per heavy atom. The van der Waals surface area contributed by atoms with Crippen molar-refractivity contribution in [2.24, 2.45) is 10.9 Å². The predicted molar refractivity (Wildman–Crippen MR) is 134 cm³/mol. The van der Waals surface area contributed by atoms with Crippen LogP contribution in [0.2, 0.25) is 0 Å². The Morgan fingerprint density at radius 3 is 2.41 bits per heavy atom. The molecule has 6 heteroatoms. The largest absolute Gasteiger partial charge is 0.393 e. The molecule has 1 aliphatic heterocycles. The molecule has 29 heavy (non-hydrogen) atoms. The molecule has 5 nitrogen and oxygen atoms in total. The first-order chi connectivity index (χ1) is 13.5. The molecule has 0 aliphatic carbocycles. The first-order valence-corrected chi connectivity index (χ1v) is 11.0. The van der Waals surface area contributed by atoms with Gasteiger partial charge >= 0.3 is 0 Å². The minimum absolute atomic E-state index is 0. The molecule has 1 atom stereocenters. The SMILES string of the molecule is CCNC(=NCCCN1CCC(O)CC1)NC(C)c1ccc(CC(C)C)cc1.I. The van der Waals surface area contributed by atoms with Crippen LogP contribution in [0.4, 0.5) is 0 Å². The standard InChI is InChI=1S/C23H40N4O.HI/c1-5-24-23(25-13-6-14-27-15-11-22(28)12-16-27)26-19(4)21-9-7-20(8-10-21)17-18(2)3;/h7-10,18-19,22,28H,5-6,11-17H2,1-4H3,(H2,24,25,26);1H. The quantitative estimate of drug-likeness (QED) is 0.201. The van der Waals surface area contributed by atoms with Gasteiger partial charge in [0.15, 0.2) is 5.96 Å². The summed E-state index contributed by atoms with van der Waals surface area (Å²) in [6.45, 7) is 13.5. The van der Waals surface area contributed by atoms with Crippen LogP contribution in [0.25, 0.3) is 0 Å². The van der Waals surface area contributed by atoms with Crippen molar-refractivity contribution in [1.29, 1.82) is 0 Å². The van der Waals surface area contributed by atoms with Crippen LogP contribution in [-0.4, -0.2) is 54.8 Å². The molecule has 1 aromatic rings. The summed E-state index contributed by atoms with van der Waals surface area (Å²) in [5.74, 6) is 1.57. The number of nitrogens with one attached hydrogen (secondary N) is 2. The van der Waals surface area contributed by atoms with Crippen LogP contribution in [0.5, 0.6) is 0 Å². The topological polar surface area (TPSA) is 59.9 Å². The van der Waals surface area contributed by atoms with Gasteiger partial charge < -0.3 is 20.6 Å². The van der Waals surface area contributed by atoms with Crippen molar-refractivity contribution < 1.29 is 5.11 Å². The Hall–Kier alpha value is -0.860. The molecule has 1 fully saturated rings. The lowest BCUT2D eigenvalue weighted by molar-refractivity contribution is 0.0824. The summed E-state index contributed by atoms with van der Waals surface area (Å²) in [6, 6.07) is 9.16. The maximum Gasteiger partial charge on any atom is 0.191 e. The second-order valence-electron chi connectivity index (χ2n) is 8.39. The first kappa shape index (κ1) is 26.2. The number of likely N-dealkylation sites (tertiary alicyclic amines) is 1. The molecule has 1 aliphatic rings. The lowest BCUT2D eigenvalue weighted by Crippen LogP contribution is -2.39. The number of guanidine groups is 1. The highest BCUT2D eigenvalue weighted by atomic mass is 127. The number of hydrogen-bond acceptors (Lipinski definition) is 3. The van der Waals surface area contributed by atoms with E-state index in [1.165, 1.54) is 11.1 Å². The van der Waals surface area contributed by atoms with Crippen molar-refractivity contribution in [2.45, 2.75) is 65.5 Å². The van der Waals surface area contributed by atoms with E-state index in [9.17, 15) is 5.11 Å². The Morgan fingerprint density at radius 1 is 1.17 bits per heavy atom. The molecule has 3 N–H and O–H groups in total. The normalized spacial score (nSPS) is 17.1. The number of rotatable bonds is 9. The first-order valence-electron chi connectivity index (χ1n) is 11.0. The molecule has 0 saturated carbocycles. The highest BCUT2D eigenvalue weighted by Gasteiger charge is 2.16. The van der Waals surface area contributed by atoms with Gasteiger partial charge in [-0.15, -0.1) is 24.0 Å². The minimum Gasteiger partial charge on any atom is -0.393 e. The Balaban J connectivity index is 0.00000420. The Bertz CT molecular complexity index is 583. The molecule has 1 saturated heterocycles. The number of nitrogens with zero attached hydrogens (tertiary/aromatic N) is 2. The fraction of sp³-hybridized carbons (Fsp3) is 0.696. The maximum atomic E-state index is 9.60. The molecule has 0 aromatic heterocycles. The number of benzene rings is 1. The summed E-state index contributed by atoms with van der Waals surface area (Å²) in [5.41, 5.74) is 2.68. The second kappa shape index (κ2) is 14.2. The molecule has 2 rings (SSSR count). The van der Waals surface area contributed by atoms with E-state index in [4.69, 9.17) is 4.99 Å².